The minimum Gasteiger partial charge on any atom is -0.376 e. The Balaban J connectivity index is 1.63. The first kappa shape index (κ1) is 19.2. The number of nitrogens with zero attached hydrogens (tertiary/aromatic N) is 2. The molecule has 0 amide bonds. The highest BCUT2D eigenvalue weighted by atomic mass is 32.1. The van der Waals surface area contributed by atoms with Gasteiger partial charge in [-0.05, 0) is 12.8 Å². The molecule has 0 aromatic carbocycles. The second-order valence-electron chi connectivity index (χ2n) is 6.67. The van der Waals surface area contributed by atoms with Crippen LogP contribution in [0.4, 0.5) is 0 Å². The zero-order chi connectivity index (χ0) is 17.2. The molecule has 24 heavy (non-hydrogen) atoms. The van der Waals surface area contributed by atoms with E-state index in [9.17, 15) is 0 Å². The van der Waals surface area contributed by atoms with Crippen LogP contribution in [0, 0.1) is 0 Å². The van der Waals surface area contributed by atoms with E-state index >= 15 is 0 Å². The SMILES string of the molecule is CN=C(NCCOC1CCCCCC1)NCc1csc(C(C)C)n1. The number of hydrogen-bond donors (Lipinski definition) is 2. The molecule has 0 atom stereocenters. The van der Waals surface area contributed by atoms with Crippen LogP contribution in [0.25, 0.3) is 0 Å². The van der Waals surface area contributed by atoms with E-state index in [-0.39, 0.29) is 0 Å². The molecule has 0 bridgehead atoms. The van der Waals surface area contributed by atoms with Crippen LogP contribution < -0.4 is 10.6 Å². The van der Waals surface area contributed by atoms with Crippen LogP contribution in [-0.2, 0) is 11.3 Å². The molecule has 1 aliphatic rings. The van der Waals surface area contributed by atoms with Crippen molar-refractivity contribution in [1.29, 1.82) is 0 Å². The number of aliphatic imine (C=N–C) groups is 1. The lowest BCUT2D eigenvalue weighted by atomic mass is 10.1. The van der Waals surface area contributed by atoms with Crippen molar-refractivity contribution in [1.82, 2.24) is 15.6 Å². The van der Waals surface area contributed by atoms with Crippen molar-refractivity contribution < 1.29 is 4.74 Å². The lowest BCUT2D eigenvalue weighted by molar-refractivity contribution is 0.0468. The minimum atomic E-state index is 0.453. The van der Waals surface area contributed by atoms with Crippen LogP contribution in [0.1, 0.15) is 69.0 Å². The van der Waals surface area contributed by atoms with E-state index in [1.54, 1.807) is 18.4 Å². The van der Waals surface area contributed by atoms with Crippen LogP contribution in [-0.4, -0.2) is 37.2 Å². The lowest BCUT2D eigenvalue weighted by Crippen LogP contribution is -2.39. The van der Waals surface area contributed by atoms with Crippen molar-refractivity contribution in [3.63, 3.8) is 0 Å². The molecule has 2 rings (SSSR count). The molecule has 1 heterocycles. The number of hydrogen-bond acceptors (Lipinski definition) is 4. The third kappa shape index (κ3) is 6.77. The summed E-state index contributed by atoms with van der Waals surface area (Å²) in [6.45, 7) is 6.56. The van der Waals surface area contributed by atoms with Crippen LogP contribution in [0.15, 0.2) is 10.4 Å². The van der Waals surface area contributed by atoms with Crippen molar-refractivity contribution in [2.75, 3.05) is 20.2 Å². The Labute approximate surface area is 150 Å². The van der Waals surface area contributed by atoms with Gasteiger partial charge >= 0.3 is 0 Å². The molecule has 1 fully saturated rings. The van der Waals surface area contributed by atoms with Gasteiger partial charge in [0, 0.05) is 24.9 Å². The van der Waals surface area contributed by atoms with E-state index in [0.29, 0.717) is 18.6 Å². The zero-order valence-corrected chi connectivity index (χ0v) is 16.1. The van der Waals surface area contributed by atoms with E-state index < -0.39 is 0 Å². The highest BCUT2D eigenvalue weighted by molar-refractivity contribution is 7.09. The molecule has 1 aromatic heterocycles. The van der Waals surface area contributed by atoms with Crippen molar-refractivity contribution in [2.45, 2.75) is 70.9 Å². The van der Waals surface area contributed by atoms with Crippen LogP contribution in [0.5, 0.6) is 0 Å². The number of guanidine groups is 1. The molecule has 0 saturated heterocycles. The molecule has 0 aliphatic heterocycles. The summed E-state index contributed by atoms with van der Waals surface area (Å²) in [5.41, 5.74) is 1.07. The van der Waals surface area contributed by atoms with Crippen LogP contribution in [0.3, 0.4) is 0 Å². The van der Waals surface area contributed by atoms with Crippen molar-refractivity contribution in [3.05, 3.63) is 16.1 Å². The monoisotopic (exact) mass is 352 g/mol. The van der Waals surface area contributed by atoms with E-state index in [0.717, 1.165) is 24.8 Å². The van der Waals surface area contributed by atoms with Gasteiger partial charge in [-0.1, -0.05) is 39.5 Å². The fourth-order valence-electron chi connectivity index (χ4n) is 2.87. The highest BCUT2D eigenvalue weighted by Crippen LogP contribution is 2.20. The van der Waals surface area contributed by atoms with Gasteiger partial charge in [-0.25, -0.2) is 4.98 Å². The van der Waals surface area contributed by atoms with E-state index in [1.807, 2.05) is 0 Å². The molecule has 0 radical (unpaired) electrons. The Morgan fingerprint density at radius 3 is 2.67 bits per heavy atom. The number of thiazole rings is 1. The van der Waals surface area contributed by atoms with Gasteiger partial charge in [-0.3, -0.25) is 4.99 Å². The first-order valence-electron chi connectivity index (χ1n) is 9.19. The normalized spacial score (nSPS) is 17.1. The Kier molecular flexibility index (Phi) is 8.53. The van der Waals surface area contributed by atoms with E-state index in [1.165, 1.54) is 43.5 Å². The maximum Gasteiger partial charge on any atom is 0.191 e. The van der Waals surface area contributed by atoms with Crippen molar-refractivity contribution in [3.8, 4) is 0 Å². The molecule has 136 valence electrons. The summed E-state index contributed by atoms with van der Waals surface area (Å²) in [4.78, 5) is 8.89. The summed E-state index contributed by atoms with van der Waals surface area (Å²) < 4.78 is 5.99. The largest absolute Gasteiger partial charge is 0.376 e. The fourth-order valence-corrected chi connectivity index (χ4v) is 3.70. The maximum absolute atomic E-state index is 5.99. The van der Waals surface area contributed by atoms with Crippen molar-refractivity contribution in [2.24, 2.45) is 4.99 Å². The number of aromatic nitrogens is 1. The summed E-state index contributed by atoms with van der Waals surface area (Å²) in [5, 5.41) is 9.93. The zero-order valence-electron chi connectivity index (χ0n) is 15.3. The molecule has 1 aliphatic carbocycles. The molecule has 5 nitrogen and oxygen atoms in total. The summed E-state index contributed by atoms with van der Waals surface area (Å²) in [5.74, 6) is 1.29. The number of ether oxygens (including phenoxy) is 1. The number of rotatable bonds is 7. The van der Waals surface area contributed by atoms with Gasteiger partial charge in [0.05, 0.1) is 30.0 Å². The second kappa shape index (κ2) is 10.7. The first-order chi connectivity index (χ1) is 11.7. The summed E-state index contributed by atoms with van der Waals surface area (Å²) in [6, 6.07) is 0. The van der Waals surface area contributed by atoms with Gasteiger partial charge < -0.3 is 15.4 Å². The van der Waals surface area contributed by atoms with E-state index in [2.05, 4.69) is 39.8 Å². The fraction of sp³-hybridized carbons (Fsp3) is 0.778. The highest BCUT2D eigenvalue weighted by Gasteiger charge is 2.12. The Bertz CT molecular complexity index is 493. The molecule has 6 heteroatoms. The van der Waals surface area contributed by atoms with Crippen molar-refractivity contribution >= 4 is 17.3 Å². The van der Waals surface area contributed by atoms with Crippen LogP contribution in [0.2, 0.25) is 0 Å². The van der Waals surface area contributed by atoms with Gasteiger partial charge in [0.25, 0.3) is 0 Å². The van der Waals surface area contributed by atoms with Gasteiger partial charge in [0.1, 0.15) is 0 Å². The predicted molar refractivity (Wildman–Crippen MR) is 102 cm³/mol. The van der Waals surface area contributed by atoms with Gasteiger partial charge in [-0.2, -0.15) is 0 Å². The van der Waals surface area contributed by atoms with Gasteiger partial charge in [-0.15, -0.1) is 11.3 Å². The first-order valence-corrected chi connectivity index (χ1v) is 10.1. The maximum atomic E-state index is 5.99. The topological polar surface area (TPSA) is 58.5 Å². The number of nitrogens with one attached hydrogen (secondary N) is 2. The average Bonchev–Trinajstić information content (AvgIpc) is 2.91. The summed E-state index contributed by atoms with van der Waals surface area (Å²) >= 11 is 1.72. The minimum absolute atomic E-state index is 0.453. The molecule has 0 spiro atoms. The van der Waals surface area contributed by atoms with Gasteiger partial charge in [0.2, 0.25) is 0 Å². The standard InChI is InChI=1S/C18H32N4OS/c1-14(2)17-22-15(13-24-17)12-21-18(19-3)20-10-11-23-16-8-6-4-5-7-9-16/h13-14,16H,4-12H2,1-3H3,(H2,19,20,21). The molecular weight excluding hydrogens is 320 g/mol. The van der Waals surface area contributed by atoms with E-state index in [4.69, 9.17) is 4.74 Å². The van der Waals surface area contributed by atoms with Gasteiger partial charge in [0.15, 0.2) is 5.96 Å². The molecule has 2 N–H and O–H groups in total. The molecule has 0 unspecified atom stereocenters. The van der Waals surface area contributed by atoms with Crippen LogP contribution >= 0.6 is 11.3 Å². The quantitative estimate of drug-likeness (QED) is 0.340. The Hall–Kier alpha value is -1.14. The molecule has 1 aromatic rings. The predicted octanol–water partition coefficient (Wildman–Crippen LogP) is 3.67. The second-order valence-corrected chi connectivity index (χ2v) is 7.56. The Morgan fingerprint density at radius 1 is 1.29 bits per heavy atom. The summed E-state index contributed by atoms with van der Waals surface area (Å²) in [7, 11) is 1.79. The Morgan fingerprint density at radius 2 is 2.04 bits per heavy atom. The third-order valence-corrected chi connectivity index (χ3v) is 5.47. The average molecular weight is 353 g/mol. The third-order valence-electron chi connectivity index (χ3n) is 4.27. The smallest absolute Gasteiger partial charge is 0.191 e. The summed E-state index contributed by atoms with van der Waals surface area (Å²) in [6.07, 6.45) is 8.24. The molecule has 1 saturated carbocycles. The lowest BCUT2D eigenvalue weighted by Gasteiger charge is -2.16. The molecular formula is C18H32N4OS.